The second kappa shape index (κ2) is 7.09. The number of carboxylic acids is 1. The van der Waals surface area contributed by atoms with Gasteiger partial charge in [0, 0.05) is 26.1 Å². The predicted molar refractivity (Wildman–Crippen MR) is 67.9 cm³/mol. The number of hydrogen-bond donors (Lipinski definition) is 3. The van der Waals surface area contributed by atoms with E-state index in [0.717, 1.165) is 0 Å². The van der Waals surface area contributed by atoms with Gasteiger partial charge >= 0.3 is 18.0 Å². The SMILES string of the molecule is COC(=O)C1CN(C(=O)NCC[C@H](O)C(=O)O)CC1C. The molecular weight excluding hydrogens is 268 g/mol. The summed E-state index contributed by atoms with van der Waals surface area (Å²) in [5, 5.41) is 20.1. The van der Waals surface area contributed by atoms with Gasteiger partial charge in [-0.05, 0) is 5.92 Å². The Labute approximate surface area is 116 Å². The minimum absolute atomic E-state index is 0.0119. The molecule has 8 nitrogen and oxygen atoms in total. The molecule has 0 aromatic rings. The number of esters is 1. The Balaban J connectivity index is 2.38. The molecule has 114 valence electrons. The maximum Gasteiger partial charge on any atom is 0.332 e. The molecule has 0 radical (unpaired) electrons. The first kappa shape index (κ1) is 16.2. The van der Waals surface area contributed by atoms with E-state index in [4.69, 9.17) is 10.2 Å². The summed E-state index contributed by atoms with van der Waals surface area (Å²) >= 11 is 0. The van der Waals surface area contributed by atoms with Crippen molar-refractivity contribution in [2.45, 2.75) is 19.4 Å². The number of rotatable bonds is 5. The highest BCUT2D eigenvalue weighted by Crippen LogP contribution is 2.23. The summed E-state index contributed by atoms with van der Waals surface area (Å²) in [7, 11) is 1.31. The lowest BCUT2D eigenvalue weighted by molar-refractivity contribution is -0.147. The summed E-state index contributed by atoms with van der Waals surface area (Å²) in [6.07, 6.45) is -1.55. The Morgan fingerprint density at radius 2 is 2.05 bits per heavy atom. The van der Waals surface area contributed by atoms with Gasteiger partial charge in [0.2, 0.25) is 0 Å². The first-order valence-corrected chi connectivity index (χ1v) is 6.38. The molecule has 1 aliphatic rings. The fourth-order valence-electron chi connectivity index (χ4n) is 2.14. The van der Waals surface area contributed by atoms with E-state index in [9.17, 15) is 14.4 Å². The highest BCUT2D eigenvalue weighted by atomic mass is 16.5. The zero-order chi connectivity index (χ0) is 15.3. The van der Waals surface area contributed by atoms with Crippen LogP contribution in [0.1, 0.15) is 13.3 Å². The lowest BCUT2D eigenvalue weighted by atomic mass is 9.99. The molecule has 0 aliphatic carbocycles. The van der Waals surface area contributed by atoms with Crippen LogP contribution in [0.2, 0.25) is 0 Å². The summed E-state index contributed by atoms with van der Waals surface area (Å²) in [5.74, 6) is -1.98. The molecule has 0 spiro atoms. The Bertz CT molecular complexity index is 386. The first-order valence-electron chi connectivity index (χ1n) is 6.38. The molecule has 2 unspecified atom stereocenters. The van der Waals surface area contributed by atoms with E-state index in [1.807, 2.05) is 6.92 Å². The van der Waals surface area contributed by atoms with Gasteiger partial charge in [-0.25, -0.2) is 9.59 Å². The molecule has 0 saturated carbocycles. The van der Waals surface area contributed by atoms with Crippen molar-refractivity contribution in [1.82, 2.24) is 10.2 Å². The zero-order valence-electron chi connectivity index (χ0n) is 11.5. The lowest BCUT2D eigenvalue weighted by Crippen LogP contribution is -2.40. The van der Waals surface area contributed by atoms with E-state index in [1.54, 1.807) is 0 Å². The Kier molecular flexibility index (Phi) is 5.75. The number of hydrogen-bond acceptors (Lipinski definition) is 5. The minimum atomic E-state index is -1.49. The predicted octanol–water partition coefficient (Wildman–Crippen LogP) is -0.727. The largest absolute Gasteiger partial charge is 0.479 e. The average molecular weight is 288 g/mol. The number of aliphatic hydroxyl groups excluding tert-OH is 1. The standard InChI is InChI=1S/C12H20N2O6/c1-7-5-14(6-8(7)11(18)20-2)12(19)13-4-3-9(15)10(16)17/h7-9,15H,3-6H2,1-2H3,(H,13,19)(H,16,17)/t7?,8?,9-/m0/s1. The molecule has 2 amide bonds. The topological polar surface area (TPSA) is 116 Å². The van der Waals surface area contributed by atoms with Crippen molar-refractivity contribution in [2.24, 2.45) is 11.8 Å². The van der Waals surface area contributed by atoms with Crippen molar-refractivity contribution >= 4 is 18.0 Å². The third-order valence-electron chi connectivity index (χ3n) is 3.38. The summed E-state index contributed by atoms with van der Waals surface area (Å²) < 4.78 is 4.68. The molecule has 1 heterocycles. The van der Waals surface area contributed by atoms with Gasteiger partial charge in [-0.15, -0.1) is 0 Å². The van der Waals surface area contributed by atoms with Gasteiger partial charge in [-0.3, -0.25) is 4.79 Å². The van der Waals surface area contributed by atoms with Crippen LogP contribution < -0.4 is 5.32 Å². The number of carbonyl (C=O) groups is 3. The summed E-state index contributed by atoms with van der Waals surface area (Å²) in [5.41, 5.74) is 0. The molecule has 20 heavy (non-hydrogen) atoms. The molecule has 1 aliphatic heterocycles. The van der Waals surface area contributed by atoms with Crippen LogP contribution in [-0.2, 0) is 14.3 Å². The normalized spacial score (nSPS) is 23.2. The highest BCUT2D eigenvalue weighted by Gasteiger charge is 2.37. The van der Waals surface area contributed by atoms with E-state index in [2.05, 4.69) is 10.1 Å². The van der Waals surface area contributed by atoms with Crippen LogP contribution in [0.4, 0.5) is 4.79 Å². The second-order valence-corrected chi connectivity index (χ2v) is 4.89. The number of carboxylic acid groups (broad SMARTS) is 1. The molecule has 8 heteroatoms. The Morgan fingerprint density at radius 1 is 1.40 bits per heavy atom. The third-order valence-corrected chi connectivity index (χ3v) is 3.38. The van der Waals surface area contributed by atoms with E-state index in [-0.39, 0.29) is 43.3 Å². The van der Waals surface area contributed by atoms with E-state index in [0.29, 0.717) is 6.54 Å². The van der Waals surface area contributed by atoms with Crippen molar-refractivity contribution in [3.05, 3.63) is 0 Å². The maximum absolute atomic E-state index is 11.8. The quantitative estimate of drug-likeness (QED) is 0.574. The summed E-state index contributed by atoms with van der Waals surface area (Å²) in [6.45, 7) is 2.64. The van der Waals surface area contributed by atoms with Gasteiger partial charge in [0.1, 0.15) is 0 Å². The number of likely N-dealkylation sites (tertiary alicyclic amines) is 1. The minimum Gasteiger partial charge on any atom is -0.479 e. The second-order valence-electron chi connectivity index (χ2n) is 4.89. The molecule has 1 saturated heterocycles. The van der Waals surface area contributed by atoms with Gasteiger partial charge in [-0.1, -0.05) is 6.92 Å². The molecule has 0 aromatic heterocycles. The van der Waals surface area contributed by atoms with Gasteiger partial charge < -0.3 is 25.2 Å². The fourth-order valence-corrected chi connectivity index (χ4v) is 2.14. The number of methoxy groups -OCH3 is 1. The number of ether oxygens (including phenoxy) is 1. The van der Waals surface area contributed by atoms with E-state index < -0.39 is 12.1 Å². The monoisotopic (exact) mass is 288 g/mol. The van der Waals surface area contributed by atoms with Crippen molar-refractivity contribution in [2.75, 3.05) is 26.7 Å². The molecule has 0 bridgehead atoms. The fraction of sp³-hybridized carbons (Fsp3) is 0.750. The summed E-state index contributed by atoms with van der Waals surface area (Å²) in [4.78, 5) is 35.2. The van der Waals surface area contributed by atoms with Crippen LogP contribution in [0.5, 0.6) is 0 Å². The number of nitrogens with one attached hydrogen (secondary N) is 1. The van der Waals surface area contributed by atoms with Crippen molar-refractivity contribution in [3.8, 4) is 0 Å². The smallest absolute Gasteiger partial charge is 0.332 e. The average Bonchev–Trinajstić information content (AvgIpc) is 2.79. The van der Waals surface area contributed by atoms with E-state index >= 15 is 0 Å². The van der Waals surface area contributed by atoms with Crippen LogP contribution in [0.25, 0.3) is 0 Å². The number of carbonyl (C=O) groups excluding carboxylic acids is 2. The first-order chi connectivity index (χ1) is 9.36. The third kappa shape index (κ3) is 4.09. The summed E-state index contributed by atoms with van der Waals surface area (Å²) in [6, 6.07) is -0.374. The van der Waals surface area contributed by atoms with Crippen LogP contribution in [-0.4, -0.2) is 65.9 Å². The molecule has 1 fully saturated rings. The lowest BCUT2D eigenvalue weighted by Gasteiger charge is -2.17. The number of nitrogens with zero attached hydrogens (tertiary/aromatic N) is 1. The molecular formula is C12H20N2O6. The van der Waals surface area contributed by atoms with Crippen LogP contribution in [0, 0.1) is 11.8 Å². The van der Waals surface area contributed by atoms with Crippen LogP contribution >= 0.6 is 0 Å². The van der Waals surface area contributed by atoms with Crippen molar-refractivity contribution < 1.29 is 29.3 Å². The van der Waals surface area contributed by atoms with Crippen LogP contribution in [0.15, 0.2) is 0 Å². The van der Waals surface area contributed by atoms with Gasteiger partial charge in [-0.2, -0.15) is 0 Å². The zero-order valence-corrected chi connectivity index (χ0v) is 11.5. The van der Waals surface area contributed by atoms with E-state index in [1.165, 1.54) is 12.0 Å². The van der Waals surface area contributed by atoms with Gasteiger partial charge in [0.05, 0.1) is 13.0 Å². The van der Waals surface area contributed by atoms with Crippen LogP contribution in [0.3, 0.4) is 0 Å². The van der Waals surface area contributed by atoms with Gasteiger partial charge in [0.15, 0.2) is 6.10 Å². The molecule has 3 atom stereocenters. The van der Waals surface area contributed by atoms with Gasteiger partial charge in [0.25, 0.3) is 0 Å². The van der Waals surface area contributed by atoms with Crippen molar-refractivity contribution in [1.29, 1.82) is 0 Å². The number of urea groups is 1. The molecule has 3 N–H and O–H groups in total. The Hall–Kier alpha value is -1.83. The maximum atomic E-state index is 11.8. The number of amides is 2. The highest BCUT2D eigenvalue weighted by molar-refractivity contribution is 5.78. The van der Waals surface area contributed by atoms with Crippen molar-refractivity contribution in [3.63, 3.8) is 0 Å². The molecule has 1 rings (SSSR count). The Morgan fingerprint density at radius 3 is 2.60 bits per heavy atom. The number of aliphatic hydroxyl groups is 1. The molecule has 0 aromatic carbocycles. The number of aliphatic carboxylic acids is 1.